The Morgan fingerprint density at radius 2 is 2.00 bits per heavy atom. The molecule has 4 aromatic rings. The number of likely N-dealkylation sites (tertiary alicyclic amines) is 1. The zero-order valence-electron chi connectivity index (χ0n) is 20.7. The SMILES string of the molecule is Cc1ncc(NC(=O)CN2CCC[C@H](C)C2)cc1NC(=O)c1cnc2[nH]c(-c3cnn(C)c3)cc2c1. The number of nitrogens with one attached hydrogen (secondary N) is 3. The summed E-state index contributed by atoms with van der Waals surface area (Å²) in [7, 11) is 1.86. The molecule has 36 heavy (non-hydrogen) atoms. The van der Waals surface area contributed by atoms with Gasteiger partial charge in [-0.25, -0.2) is 4.98 Å². The van der Waals surface area contributed by atoms with Crippen molar-refractivity contribution in [2.75, 3.05) is 30.3 Å². The summed E-state index contributed by atoms with van der Waals surface area (Å²) in [6, 6.07) is 5.48. The predicted molar refractivity (Wildman–Crippen MR) is 139 cm³/mol. The monoisotopic (exact) mass is 486 g/mol. The number of carbonyl (C=O) groups excluding carboxylic acids is 2. The normalized spacial score (nSPS) is 16.2. The summed E-state index contributed by atoms with van der Waals surface area (Å²) < 4.78 is 1.73. The second-order valence-electron chi connectivity index (χ2n) is 9.59. The van der Waals surface area contributed by atoms with Crippen LogP contribution in [0.3, 0.4) is 0 Å². The maximum Gasteiger partial charge on any atom is 0.257 e. The van der Waals surface area contributed by atoms with Crippen molar-refractivity contribution in [3.63, 3.8) is 0 Å². The molecule has 1 saturated heterocycles. The average molecular weight is 487 g/mol. The van der Waals surface area contributed by atoms with Crippen molar-refractivity contribution >= 4 is 34.2 Å². The standard InChI is InChI=1S/C26H30N8O2/c1-16-5-4-6-34(13-16)15-24(35)30-21-9-22(17(2)27-12-21)32-26(36)19-7-18-8-23(31-25(18)28-10-19)20-11-29-33(3)14-20/h7-12,14,16H,4-6,13,15H2,1-3H3,(H,28,31)(H,30,35)(H,32,36)/t16-/m0/s1. The molecule has 3 N–H and O–H groups in total. The molecule has 0 radical (unpaired) electrons. The van der Waals surface area contributed by atoms with Crippen LogP contribution in [0.4, 0.5) is 11.4 Å². The molecule has 1 atom stereocenters. The maximum absolute atomic E-state index is 13.0. The van der Waals surface area contributed by atoms with Crippen LogP contribution in [0.1, 0.15) is 35.8 Å². The summed E-state index contributed by atoms with van der Waals surface area (Å²) in [6.45, 7) is 6.25. The fourth-order valence-electron chi connectivity index (χ4n) is 4.61. The second kappa shape index (κ2) is 9.90. The topological polar surface area (TPSA) is 121 Å². The van der Waals surface area contributed by atoms with E-state index in [1.807, 2.05) is 26.2 Å². The van der Waals surface area contributed by atoms with Gasteiger partial charge in [0.15, 0.2) is 0 Å². The van der Waals surface area contributed by atoms with Crippen molar-refractivity contribution in [3.8, 4) is 11.3 Å². The summed E-state index contributed by atoms with van der Waals surface area (Å²) >= 11 is 0. The molecule has 10 heteroatoms. The highest BCUT2D eigenvalue weighted by atomic mass is 16.2. The lowest BCUT2D eigenvalue weighted by molar-refractivity contribution is -0.117. The fraction of sp³-hybridized carbons (Fsp3) is 0.346. The van der Waals surface area contributed by atoms with Crippen molar-refractivity contribution in [1.82, 2.24) is 29.6 Å². The number of piperidine rings is 1. The van der Waals surface area contributed by atoms with E-state index in [1.54, 1.807) is 29.2 Å². The number of anilines is 2. The van der Waals surface area contributed by atoms with Crippen LogP contribution in [-0.2, 0) is 11.8 Å². The van der Waals surface area contributed by atoms with Gasteiger partial charge in [-0.3, -0.25) is 24.2 Å². The Morgan fingerprint density at radius 3 is 2.78 bits per heavy atom. The smallest absolute Gasteiger partial charge is 0.257 e. The lowest BCUT2D eigenvalue weighted by Crippen LogP contribution is -2.39. The van der Waals surface area contributed by atoms with Crippen molar-refractivity contribution in [2.24, 2.45) is 13.0 Å². The summed E-state index contributed by atoms with van der Waals surface area (Å²) in [5.41, 5.74) is 4.67. The molecule has 5 heterocycles. The molecule has 2 amide bonds. The number of amides is 2. The number of hydrogen-bond donors (Lipinski definition) is 3. The van der Waals surface area contributed by atoms with Crippen LogP contribution >= 0.6 is 0 Å². The second-order valence-corrected chi connectivity index (χ2v) is 9.59. The average Bonchev–Trinajstić information content (AvgIpc) is 3.46. The molecule has 0 unspecified atom stereocenters. The lowest BCUT2D eigenvalue weighted by atomic mass is 10.0. The van der Waals surface area contributed by atoms with E-state index in [9.17, 15) is 9.59 Å². The number of aromatic nitrogens is 5. The van der Waals surface area contributed by atoms with Gasteiger partial charge in [0.05, 0.1) is 47.3 Å². The fourth-order valence-corrected chi connectivity index (χ4v) is 4.61. The van der Waals surface area contributed by atoms with Gasteiger partial charge < -0.3 is 15.6 Å². The third-order valence-corrected chi connectivity index (χ3v) is 6.48. The number of carbonyl (C=O) groups is 2. The highest BCUT2D eigenvalue weighted by molar-refractivity contribution is 6.06. The Bertz CT molecular complexity index is 1420. The molecule has 5 rings (SSSR count). The third kappa shape index (κ3) is 5.28. The summed E-state index contributed by atoms with van der Waals surface area (Å²) in [5, 5.41) is 10.8. The molecule has 1 fully saturated rings. The Labute approximate surface area is 209 Å². The van der Waals surface area contributed by atoms with E-state index in [4.69, 9.17) is 0 Å². The van der Waals surface area contributed by atoms with Crippen LogP contribution in [0.5, 0.6) is 0 Å². The first-order valence-electron chi connectivity index (χ1n) is 12.1. The van der Waals surface area contributed by atoms with Crippen molar-refractivity contribution in [1.29, 1.82) is 0 Å². The zero-order valence-corrected chi connectivity index (χ0v) is 20.7. The van der Waals surface area contributed by atoms with E-state index in [2.05, 4.69) is 42.5 Å². The van der Waals surface area contributed by atoms with Gasteiger partial charge in [-0.05, 0) is 50.4 Å². The first-order chi connectivity index (χ1) is 17.3. The van der Waals surface area contributed by atoms with Gasteiger partial charge in [0, 0.05) is 36.9 Å². The quantitative estimate of drug-likeness (QED) is 0.383. The van der Waals surface area contributed by atoms with Gasteiger partial charge in [0.1, 0.15) is 5.65 Å². The minimum Gasteiger partial charge on any atom is -0.339 e. The third-order valence-electron chi connectivity index (χ3n) is 6.48. The molecular weight excluding hydrogens is 456 g/mol. The molecule has 0 spiro atoms. The Morgan fingerprint density at radius 1 is 1.14 bits per heavy atom. The molecule has 0 saturated carbocycles. The van der Waals surface area contributed by atoms with Gasteiger partial charge in [0.2, 0.25) is 5.91 Å². The summed E-state index contributed by atoms with van der Waals surface area (Å²) in [6.07, 6.45) is 9.15. The van der Waals surface area contributed by atoms with E-state index in [0.29, 0.717) is 40.7 Å². The van der Waals surface area contributed by atoms with Gasteiger partial charge in [-0.1, -0.05) is 6.92 Å². The van der Waals surface area contributed by atoms with Crippen molar-refractivity contribution in [3.05, 3.63) is 54.2 Å². The summed E-state index contributed by atoms with van der Waals surface area (Å²) in [5.74, 6) is 0.221. The molecule has 186 valence electrons. The largest absolute Gasteiger partial charge is 0.339 e. The first kappa shape index (κ1) is 23.7. The van der Waals surface area contributed by atoms with Crippen LogP contribution in [0.15, 0.2) is 43.0 Å². The molecule has 10 nitrogen and oxygen atoms in total. The minimum atomic E-state index is -0.302. The lowest BCUT2D eigenvalue weighted by Gasteiger charge is -2.30. The minimum absolute atomic E-state index is 0.0847. The number of aryl methyl sites for hydroxylation is 2. The first-order valence-corrected chi connectivity index (χ1v) is 12.1. The van der Waals surface area contributed by atoms with E-state index in [-0.39, 0.29) is 11.8 Å². The van der Waals surface area contributed by atoms with Crippen molar-refractivity contribution in [2.45, 2.75) is 26.7 Å². The van der Waals surface area contributed by atoms with Gasteiger partial charge >= 0.3 is 0 Å². The molecule has 0 aliphatic carbocycles. The molecule has 1 aliphatic heterocycles. The van der Waals surface area contributed by atoms with Gasteiger partial charge in [-0.2, -0.15) is 5.10 Å². The molecule has 1 aliphatic rings. The molecule has 0 bridgehead atoms. The van der Waals surface area contributed by atoms with Gasteiger partial charge in [0.25, 0.3) is 5.91 Å². The number of rotatable bonds is 6. The van der Waals surface area contributed by atoms with Crippen LogP contribution in [-0.4, -0.2) is 61.1 Å². The number of aromatic amines is 1. The van der Waals surface area contributed by atoms with Crippen molar-refractivity contribution < 1.29 is 9.59 Å². The van der Waals surface area contributed by atoms with E-state index < -0.39 is 0 Å². The highest BCUT2D eigenvalue weighted by Crippen LogP contribution is 2.24. The van der Waals surface area contributed by atoms with Gasteiger partial charge in [-0.15, -0.1) is 0 Å². The van der Waals surface area contributed by atoms with E-state index in [0.717, 1.165) is 36.2 Å². The number of H-pyrrole nitrogens is 1. The molecule has 4 aromatic heterocycles. The zero-order chi connectivity index (χ0) is 25.2. The van der Waals surface area contributed by atoms with Crippen LogP contribution in [0.25, 0.3) is 22.3 Å². The van der Waals surface area contributed by atoms with E-state index >= 15 is 0 Å². The molecule has 0 aromatic carbocycles. The highest BCUT2D eigenvalue weighted by Gasteiger charge is 2.19. The van der Waals surface area contributed by atoms with Crippen LogP contribution in [0.2, 0.25) is 0 Å². The number of nitrogens with zero attached hydrogens (tertiary/aromatic N) is 5. The number of hydrogen-bond acceptors (Lipinski definition) is 6. The summed E-state index contributed by atoms with van der Waals surface area (Å²) in [4.78, 5) is 39.8. The predicted octanol–water partition coefficient (Wildman–Crippen LogP) is 3.59. The Hall–Kier alpha value is -4.05. The number of fused-ring (bicyclic) bond motifs is 1. The number of pyridine rings is 2. The Kier molecular flexibility index (Phi) is 6.51. The maximum atomic E-state index is 13.0. The van der Waals surface area contributed by atoms with E-state index in [1.165, 1.54) is 12.6 Å². The Balaban J connectivity index is 1.27. The van der Waals surface area contributed by atoms with Crippen LogP contribution < -0.4 is 10.6 Å². The molecular formula is C26H30N8O2. The van der Waals surface area contributed by atoms with Crippen LogP contribution in [0, 0.1) is 12.8 Å².